The van der Waals surface area contributed by atoms with Crippen LogP contribution in [0.5, 0.6) is 0 Å². The van der Waals surface area contributed by atoms with Gasteiger partial charge in [0.05, 0.1) is 8.66 Å². The van der Waals surface area contributed by atoms with Crippen molar-refractivity contribution < 1.29 is 4.79 Å². The van der Waals surface area contributed by atoms with Crippen molar-refractivity contribution in [1.29, 1.82) is 0 Å². The van der Waals surface area contributed by atoms with Crippen molar-refractivity contribution in [1.82, 2.24) is 0 Å². The van der Waals surface area contributed by atoms with E-state index in [2.05, 4.69) is 41.9 Å². The highest BCUT2D eigenvalue weighted by Crippen LogP contribution is 2.32. The third-order valence-electron chi connectivity index (χ3n) is 0.991. The lowest BCUT2D eigenvalue weighted by Gasteiger charge is -1.81. The minimum atomic E-state index is -0.561. The molecule has 0 aliphatic heterocycles. The van der Waals surface area contributed by atoms with Crippen LogP contribution in [0.1, 0.15) is 9.67 Å². The van der Waals surface area contributed by atoms with Gasteiger partial charge in [0, 0.05) is 9.38 Å². The van der Waals surface area contributed by atoms with Crippen LogP contribution in [0, 0.1) is 0 Å². The van der Waals surface area contributed by atoms with E-state index < -0.39 is 5.91 Å². The molecule has 0 aliphatic rings. The Morgan fingerprint density at radius 3 is 2.75 bits per heavy atom. The molecule has 1 heterocycles. The van der Waals surface area contributed by atoms with Gasteiger partial charge >= 0.3 is 0 Å². The fraction of sp³-hybridized carbons (Fsp3) is 0. The zero-order valence-corrected chi connectivity index (χ0v) is 9.48. The molecule has 4 nitrogen and oxygen atoms in total. The fourth-order valence-corrected chi connectivity index (χ4v) is 2.46. The normalized spacial score (nSPS) is 9.17. The van der Waals surface area contributed by atoms with Gasteiger partial charge < -0.3 is 0 Å². The topological polar surface area (TPSA) is 65.8 Å². The van der Waals surface area contributed by atoms with Gasteiger partial charge in [0.25, 0.3) is 5.91 Å². The first-order valence-electron chi connectivity index (χ1n) is 2.69. The molecule has 0 aliphatic carbocycles. The van der Waals surface area contributed by atoms with E-state index in [0.717, 1.165) is 8.26 Å². The maximum absolute atomic E-state index is 11.0. The van der Waals surface area contributed by atoms with Crippen molar-refractivity contribution in [3.63, 3.8) is 0 Å². The summed E-state index contributed by atoms with van der Waals surface area (Å²) < 4.78 is 1.59. The number of carbonyl (C=O) groups excluding carboxylic acids is 1. The Kier molecular flexibility index (Phi) is 3.28. The van der Waals surface area contributed by atoms with E-state index in [0.29, 0.717) is 4.88 Å². The molecule has 1 rings (SSSR count). The van der Waals surface area contributed by atoms with Gasteiger partial charge in [-0.15, -0.1) is 11.3 Å². The first kappa shape index (κ1) is 9.73. The summed E-state index contributed by atoms with van der Waals surface area (Å²) in [5, 5.41) is 2.96. The predicted octanol–water partition coefficient (Wildman–Crippen LogP) is 3.72. The average molecular weight is 311 g/mol. The van der Waals surface area contributed by atoms with Crippen LogP contribution in [0.2, 0.25) is 0 Å². The van der Waals surface area contributed by atoms with Crippen molar-refractivity contribution in [2.45, 2.75) is 0 Å². The van der Waals surface area contributed by atoms with Gasteiger partial charge in [-0.2, -0.15) is 0 Å². The summed E-state index contributed by atoms with van der Waals surface area (Å²) in [5.41, 5.74) is 7.99. The Hall–Kier alpha value is -0.360. The molecule has 0 fully saturated rings. The van der Waals surface area contributed by atoms with Crippen LogP contribution in [0.25, 0.3) is 10.4 Å². The van der Waals surface area contributed by atoms with E-state index in [1.54, 1.807) is 6.07 Å². The smallest absolute Gasteiger partial charge is 0.259 e. The minimum Gasteiger partial charge on any atom is -0.286 e. The number of amides is 1. The minimum absolute atomic E-state index is 0.409. The van der Waals surface area contributed by atoms with Gasteiger partial charge in [-0.25, -0.2) is 0 Å². The molecule has 1 amide bonds. The molecule has 0 bridgehead atoms. The van der Waals surface area contributed by atoms with Crippen molar-refractivity contribution in [2.24, 2.45) is 5.11 Å². The van der Waals surface area contributed by atoms with E-state index in [-0.39, 0.29) is 0 Å². The molecule has 0 spiro atoms. The highest BCUT2D eigenvalue weighted by Gasteiger charge is 2.09. The summed E-state index contributed by atoms with van der Waals surface area (Å²) in [6, 6.07) is 1.60. The van der Waals surface area contributed by atoms with Crippen molar-refractivity contribution in [3.05, 3.63) is 29.6 Å². The molecule has 62 valence electrons. The number of thiophene rings is 1. The van der Waals surface area contributed by atoms with Gasteiger partial charge in [0.1, 0.15) is 0 Å². The monoisotopic (exact) mass is 309 g/mol. The quantitative estimate of drug-likeness (QED) is 0.443. The SMILES string of the molecule is [N-]=[N+]=NC(=O)c1cc(Br)c(Br)s1. The number of hydrogen-bond donors (Lipinski definition) is 0. The van der Waals surface area contributed by atoms with E-state index in [9.17, 15) is 4.79 Å². The van der Waals surface area contributed by atoms with Crippen LogP contribution in [0.15, 0.2) is 19.4 Å². The molecular weight excluding hydrogens is 310 g/mol. The lowest BCUT2D eigenvalue weighted by molar-refractivity contribution is 0.100. The maximum Gasteiger partial charge on any atom is 0.259 e. The molecule has 7 heteroatoms. The Labute approximate surface area is 88.5 Å². The highest BCUT2D eigenvalue weighted by atomic mass is 79.9. The largest absolute Gasteiger partial charge is 0.286 e. The molecule has 1 aromatic heterocycles. The summed E-state index contributed by atoms with van der Waals surface area (Å²) in [5.74, 6) is -0.561. The predicted molar refractivity (Wildman–Crippen MR) is 53.2 cm³/mol. The van der Waals surface area contributed by atoms with E-state index in [4.69, 9.17) is 5.53 Å². The van der Waals surface area contributed by atoms with Gasteiger partial charge in [-0.3, -0.25) is 4.79 Å². The van der Waals surface area contributed by atoms with Crippen LogP contribution in [0.3, 0.4) is 0 Å². The first-order chi connectivity index (χ1) is 5.65. The summed E-state index contributed by atoms with van der Waals surface area (Å²) in [4.78, 5) is 13.8. The molecule has 1 aromatic rings. The zero-order valence-electron chi connectivity index (χ0n) is 5.49. The zero-order chi connectivity index (χ0) is 9.14. The molecule has 0 unspecified atom stereocenters. The van der Waals surface area contributed by atoms with Gasteiger partial charge in [-0.05, 0) is 48.6 Å². The number of azide groups is 1. The molecule has 0 N–H and O–H groups in total. The fourth-order valence-electron chi connectivity index (χ4n) is 0.542. The standard InChI is InChI=1S/C5HBr2N3OS/c6-2-1-3(12-4(2)7)5(11)9-10-8/h1H. The Balaban J connectivity index is 3.04. The third-order valence-corrected chi connectivity index (χ3v) is 4.24. The average Bonchev–Trinajstić information content (AvgIpc) is 2.33. The number of carbonyl (C=O) groups is 1. The van der Waals surface area contributed by atoms with Crippen LogP contribution in [-0.4, -0.2) is 5.91 Å². The molecular formula is C5HBr2N3OS. The highest BCUT2D eigenvalue weighted by molar-refractivity contribution is 9.13. The van der Waals surface area contributed by atoms with Gasteiger partial charge in [0.2, 0.25) is 0 Å². The molecule has 0 saturated heterocycles. The molecule has 0 saturated carbocycles. The van der Waals surface area contributed by atoms with E-state index >= 15 is 0 Å². The number of halogens is 2. The van der Waals surface area contributed by atoms with Crippen LogP contribution < -0.4 is 0 Å². The Morgan fingerprint density at radius 1 is 1.67 bits per heavy atom. The van der Waals surface area contributed by atoms with E-state index in [1.165, 1.54) is 11.3 Å². The van der Waals surface area contributed by atoms with Crippen LogP contribution in [-0.2, 0) is 0 Å². The van der Waals surface area contributed by atoms with Crippen molar-refractivity contribution >= 4 is 49.1 Å². The second-order valence-corrected chi connectivity index (χ2v) is 4.95. The van der Waals surface area contributed by atoms with Gasteiger partial charge in [-0.1, -0.05) is 0 Å². The number of rotatable bonds is 1. The molecule has 12 heavy (non-hydrogen) atoms. The first-order valence-corrected chi connectivity index (χ1v) is 5.09. The second kappa shape index (κ2) is 4.04. The summed E-state index contributed by atoms with van der Waals surface area (Å²) in [6.45, 7) is 0. The lowest BCUT2D eigenvalue weighted by Crippen LogP contribution is -1.86. The number of hydrogen-bond acceptors (Lipinski definition) is 2. The second-order valence-electron chi connectivity index (χ2n) is 1.73. The Morgan fingerprint density at radius 2 is 2.33 bits per heavy atom. The summed E-state index contributed by atoms with van der Waals surface area (Å²) >= 11 is 7.65. The molecule has 0 radical (unpaired) electrons. The van der Waals surface area contributed by atoms with E-state index in [1.807, 2.05) is 0 Å². The molecule has 0 aromatic carbocycles. The molecule has 0 atom stereocenters. The van der Waals surface area contributed by atoms with Crippen LogP contribution >= 0.6 is 43.2 Å². The maximum atomic E-state index is 11.0. The summed E-state index contributed by atoms with van der Waals surface area (Å²) in [7, 11) is 0. The van der Waals surface area contributed by atoms with Crippen LogP contribution in [0.4, 0.5) is 0 Å². The Bertz CT molecular complexity index is 349. The lowest BCUT2D eigenvalue weighted by atomic mass is 10.5. The third kappa shape index (κ3) is 2.07. The van der Waals surface area contributed by atoms with Gasteiger partial charge in [0.15, 0.2) is 0 Å². The van der Waals surface area contributed by atoms with Crippen molar-refractivity contribution in [3.8, 4) is 0 Å². The summed E-state index contributed by atoms with van der Waals surface area (Å²) in [6.07, 6.45) is 0. The number of nitrogens with zero attached hydrogens (tertiary/aromatic N) is 3. The van der Waals surface area contributed by atoms with Crippen molar-refractivity contribution in [2.75, 3.05) is 0 Å².